The zero-order valence-corrected chi connectivity index (χ0v) is 8.12. The lowest BCUT2D eigenvalue weighted by Gasteiger charge is -2.15. The second-order valence-electron chi connectivity index (χ2n) is 2.88. The normalized spacial score (nSPS) is 15.3. The zero-order chi connectivity index (χ0) is 10.3. The van der Waals surface area contributed by atoms with Gasteiger partial charge in [0.25, 0.3) is 0 Å². The molecule has 2 atom stereocenters. The van der Waals surface area contributed by atoms with Gasteiger partial charge < -0.3 is 20.9 Å². The number of carbonyl (C=O) groups excluding carboxylic acids is 1. The van der Waals surface area contributed by atoms with Gasteiger partial charge in [-0.05, 0) is 6.42 Å². The minimum atomic E-state index is -0.599. The van der Waals surface area contributed by atoms with Crippen LogP contribution in [0.25, 0.3) is 0 Å². The second kappa shape index (κ2) is 6.82. The molecule has 0 heterocycles. The Balaban J connectivity index is 3.65. The number of amides is 1. The van der Waals surface area contributed by atoms with Crippen molar-refractivity contribution in [2.45, 2.75) is 25.5 Å². The summed E-state index contributed by atoms with van der Waals surface area (Å²) in [5.74, 6) is -0.396. The molecule has 0 fully saturated rings. The smallest absolute Gasteiger partial charge is 0.234 e. The zero-order valence-electron chi connectivity index (χ0n) is 8.12. The fourth-order valence-corrected chi connectivity index (χ4v) is 0.976. The molecule has 2 unspecified atom stereocenters. The number of nitrogens with two attached hydrogens (primary N) is 1. The Bertz CT molecular complexity index is 152. The van der Waals surface area contributed by atoms with E-state index in [4.69, 9.17) is 10.5 Å². The molecule has 0 aliphatic carbocycles. The van der Waals surface area contributed by atoms with Crippen LogP contribution in [0.5, 0.6) is 0 Å². The van der Waals surface area contributed by atoms with Crippen LogP contribution in [0.1, 0.15) is 13.3 Å². The summed E-state index contributed by atoms with van der Waals surface area (Å²) in [6, 6.07) is -0.369. The average Bonchev–Trinajstić information content (AvgIpc) is 2.05. The third-order valence-electron chi connectivity index (χ3n) is 1.71. The van der Waals surface area contributed by atoms with Crippen LogP contribution in [-0.4, -0.2) is 43.4 Å². The molecule has 0 saturated heterocycles. The van der Waals surface area contributed by atoms with Crippen molar-refractivity contribution in [3.63, 3.8) is 0 Å². The number of hydrogen-bond acceptors (Lipinski definition) is 4. The Kier molecular flexibility index (Phi) is 6.48. The van der Waals surface area contributed by atoms with E-state index in [-0.39, 0.29) is 12.6 Å². The van der Waals surface area contributed by atoms with E-state index in [0.29, 0.717) is 13.0 Å². The van der Waals surface area contributed by atoms with Crippen LogP contribution in [0.2, 0.25) is 0 Å². The van der Waals surface area contributed by atoms with E-state index in [1.54, 1.807) is 0 Å². The fourth-order valence-electron chi connectivity index (χ4n) is 0.976. The molecule has 0 rings (SSSR count). The van der Waals surface area contributed by atoms with Gasteiger partial charge in [0.15, 0.2) is 0 Å². The van der Waals surface area contributed by atoms with Gasteiger partial charge in [-0.15, -0.1) is 0 Å². The summed E-state index contributed by atoms with van der Waals surface area (Å²) >= 11 is 0. The average molecular weight is 190 g/mol. The topological polar surface area (TPSA) is 84.6 Å². The van der Waals surface area contributed by atoms with Gasteiger partial charge in [0.1, 0.15) is 0 Å². The molecule has 78 valence electrons. The molecule has 5 nitrogen and oxygen atoms in total. The number of ether oxygens (including phenoxy) is 1. The molecule has 0 radical (unpaired) electrons. The largest absolute Gasteiger partial charge is 0.389 e. The SMILES string of the molecule is CCC(NCC(O)COC)C(N)=O. The van der Waals surface area contributed by atoms with Crippen molar-refractivity contribution in [1.82, 2.24) is 5.32 Å². The highest BCUT2D eigenvalue weighted by Gasteiger charge is 2.13. The number of hydrogen-bond donors (Lipinski definition) is 3. The molecule has 1 amide bonds. The molecule has 0 spiro atoms. The molecule has 0 aromatic carbocycles. The number of primary amides is 1. The number of nitrogens with one attached hydrogen (secondary N) is 1. The van der Waals surface area contributed by atoms with Gasteiger partial charge in [0, 0.05) is 13.7 Å². The molecule has 0 aliphatic rings. The maximum atomic E-state index is 10.7. The fraction of sp³-hybridized carbons (Fsp3) is 0.875. The predicted molar refractivity (Wildman–Crippen MR) is 49.2 cm³/mol. The molecule has 0 saturated carbocycles. The van der Waals surface area contributed by atoms with Crippen molar-refractivity contribution in [2.24, 2.45) is 5.73 Å². The first-order valence-electron chi connectivity index (χ1n) is 4.31. The number of aliphatic hydroxyl groups excluding tert-OH is 1. The third-order valence-corrected chi connectivity index (χ3v) is 1.71. The van der Waals surface area contributed by atoms with Crippen molar-refractivity contribution in [3.8, 4) is 0 Å². The first kappa shape index (κ1) is 12.3. The summed E-state index contributed by atoms with van der Waals surface area (Å²) in [7, 11) is 1.51. The summed E-state index contributed by atoms with van der Waals surface area (Å²) < 4.78 is 4.72. The van der Waals surface area contributed by atoms with Crippen LogP contribution in [0, 0.1) is 0 Å². The Labute approximate surface area is 78.3 Å². The minimum Gasteiger partial charge on any atom is -0.389 e. The maximum Gasteiger partial charge on any atom is 0.234 e. The summed E-state index contributed by atoms with van der Waals surface area (Å²) in [6.45, 7) is 2.42. The standard InChI is InChI=1S/C8H18N2O3/c1-3-7(8(9)12)10-4-6(11)5-13-2/h6-7,10-11H,3-5H2,1-2H3,(H2,9,12). The van der Waals surface area contributed by atoms with Crippen LogP contribution in [-0.2, 0) is 9.53 Å². The lowest BCUT2D eigenvalue weighted by atomic mass is 10.2. The maximum absolute atomic E-state index is 10.7. The summed E-state index contributed by atoms with van der Waals surface area (Å²) in [6.07, 6.45) is 0.0214. The Hall–Kier alpha value is -0.650. The highest BCUT2D eigenvalue weighted by molar-refractivity contribution is 5.79. The summed E-state index contributed by atoms with van der Waals surface area (Å²) in [4.78, 5) is 10.7. The highest BCUT2D eigenvalue weighted by Crippen LogP contribution is 1.90. The quantitative estimate of drug-likeness (QED) is 0.473. The van der Waals surface area contributed by atoms with E-state index in [1.165, 1.54) is 7.11 Å². The molecule has 4 N–H and O–H groups in total. The van der Waals surface area contributed by atoms with Crippen LogP contribution in [0.15, 0.2) is 0 Å². The van der Waals surface area contributed by atoms with Crippen LogP contribution in [0.4, 0.5) is 0 Å². The monoisotopic (exact) mass is 190 g/mol. The Morgan fingerprint density at radius 2 is 2.31 bits per heavy atom. The van der Waals surface area contributed by atoms with Gasteiger partial charge in [-0.25, -0.2) is 0 Å². The predicted octanol–water partition coefficient (Wildman–Crippen LogP) is -1.15. The van der Waals surface area contributed by atoms with E-state index in [9.17, 15) is 9.90 Å². The third kappa shape index (κ3) is 5.57. The molecular formula is C8H18N2O3. The van der Waals surface area contributed by atoms with Gasteiger partial charge in [0.05, 0.1) is 18.8 Å². The van der Waals surface area contributed by atoms with E-state index in [2.05, 4.69) is 5.32 Å². The summed E-state index contributed by atoms with van der Waals surface area (Å²) in [5.41, 5.74) is 5.09. The van der Waals surface area contributed by atoms with Crippen molar-refractivity contribution < 1.29 is 14.6 Å². The van der Waals surface area contributed by atoms with Gasteiger partial charge >= 0.3 is 0 Å². The van der Waals surface area contributed by atoms with Crippen LogP contribution >= 0.6 is 0 Å². The number of carbonyl (C=O) groups is 1. The molecule has 13 heavy (non-hydrogen) atoms. The Morgan fingerprint density at radius 3 is 2.69 bits per heavy atom. The van der Waals surface area contributed by atoms with E-state index in [1.807, 2.05) is 6.92 Å². The first-order valence-corrected chi connectivity index (χ1v) is 4.31. The van der Waals surface area contributed by atoms with Gasteiger partial charge in [0.2, 0.25) is 5.91 Å². The van der Waals surface area contributed by atoms with Crippen LogP contribution in [0.3, 0.4) is 0 Å². The Morgan fingerprint density at radius 1 is 1.69 bits per heavy atom. The first-order chi connectivity index (χ1) is 6.11. The minimum absolute atomic E-state index is 0.252. The molecular weight excluding hydrogens is 172 g/mol. The van der Waals surface area contributed by atoms with Crippen molar-refractivity contribution in [1.29, 1.82) is 0 Å². The van der Waals surface area contributed by atoms with Crippen LogP contribution < -0.4 is 11.1 Å². The van der Waals surface area contributed by atoms with Gasteiger partial charge in [-0.2, -0.15) is 0 Å². The van der Waals surface area contributed by atoms with Crippen molar-refractivity contribution >= 4 is 5.91 Å². The molecule has 0 aromatic heterocycles. The molecule has 0 bridgehead atoms. The number of rotatable bonds is 7. The van der Waals surface area contributed by atoms with E-state index >= 15 is 0 Å². The molecule has 5 heteroatoms. The lowest BCUT2D eigenvalue weighted by Crippen LogP contribution is -2.44. The van der Waals surface area contributed by atoms with E-state index in [0.717, 1.165) is 0 Å². The number of aliphatic hydroxyl groups is 1. The van der Waals surface area contributed by atoms with E-state index < -0.39 is 12.0 Å². The van der Waals surface area contributed by atoms with Gasteiger partial charge in [-0.1, -0.05) is 6.92 Å². The van der Waals surface area contributed by atoms with Crippen molar-refractivity contribution in [3.05, 3.63) is 0 Å². The second-order valence-corrected chi connectivity index (χ2v) is 2.88. The van der Waals surface area contributed by atoms with Gasteiger partial charge in [-0.3, -0.25) is 4.79 Å². The highest BCUT2D eigenvalue weighted by atomic mass is 16.5. The molecule has 0 aromatic rings. The molecule has 0 aliphatic heterocycles. The van der Waals surface area contributed by atoms with Crippen molar-refractivity contribution in [2.75, 3.05) is 20.3 Å². The number of methoxy groups -OCH3 is 1. The lowest BCUT2D eigenvalue weighted by molar-refractivity contribution is -0.120. The summed E-state index contributed by atoms with van der Waals surface area (Å²) in [5, 5.41) is 12.1.